The topological polar surface area (TPSA) is 72.2 Å². The van der Waals surface area contributed by atoms with Gasteiger partial charge in [0.1, 0.15) is 4.90 Å². The van der Waals surface area contributed by atoms with E-state index < -0.39 is 20.7 Å². The van der Waals surface area contributed by atoms with Crippen molar-refractivity contribution in [2.45, 2.75) is 24.2 Å². The van der Waals surface area contributed by atoms with Crippen LogP contribution in [0.5, 0.6) is 0 Å². The first-order valence-corrected chi connectivity index (χ1v) is 9.06. The van der Waals surface area contributed by atoms with Gasteiger partial charge >= 0.3 is 0 Å². The van der Waals surface area contributed by atoms with Crippen molar-refractivity contribution in [3.8, 4) is 0 Å². The predicted molar refractivity (Wildman–Crippen MR) is 85.2 cm³/mol. The zero-order valence-corrected chi connectivity index (χ0v) is 14.2. The van der Waals surface area contributed by atoms with E-state index in [-0.39, 0.29) is 27.6 Å². The summed E-state index contributed by atoms with van der Waals surface area (Å²) in [7, 11) is -3.99. The number of allylic oxidation sites excluding steroid dienone is 2. The van der Waals surface area contributed by atoms with Crippen molar-refractivity contribution in [1.82, 2.24) is 4.72 Å². The van der Waals surface area contributed by atoms with Crippen LogP contribution in [0, 0.1) is 11.7 Å². The van der Waals surface area contributed by atoms with Crippen molar-refractivity contribution in [3.05, 3.63) is 33.5 Å². The maximum Gasteiger partial charge on any atom is 0.243 e. The molecule has 0 spiro atoms. The van der Waals surface area contributed by atoms with Gasteiger partial charge in [-0.05, 0) is 47.2 Å². The second kappa shape index (κ2) is 6.64. The molecular formula is C13H15BrClFN2O2S. The summed E-state index contributed by atoms with van der Waals surface area (Å²) in [6, 6.07) is 1.06. The zero-order chi connectivity index (χ0) is 15.6. The number of benzene rings is 1. The number of hydrogen-bond donors (Lipinski definition) is 2. The molecule has 0 saturated heterocycles. The molecule has 1 unspecified atom stereocenters. The molecule has 116 valence electrons. The van der Waals surface area contributed by atoms with Crippen LogP contribution in [0.15, 0.2) is 27.6 Å². The van der Waals surface area contributed by atoms with Crippen molar-refractivity contribution in [2.24, 2.45) is 5.92 Å². The molecule has 1 aliphatic rings. The number of rotatable bonds is 4. The van der Waals surface area contributed by atoms with Crippen molar-refractivity contribution in [3.63, 3.8) is 0 Å². The molecule has 1 aromatic rings. The second-order valence-electron chi connectivity index (χ2n) is 4.90. The van der Waals surface area contributed by atoms with E-state index in [1.165, 1.54) is 0 Å². The van der Waals surface area contributed by atoms with E-state index in [2.05, 4.69) is 26.7 Å². The van der Waals surface area contributed by atoms with Crippen LogP contribution in [-0.2, 0) is 10.0 Å². The quantitative estimate of drug-likeness (QED) is 0.464. The Morgan fingerprint density at radius 2 is 2.19 bits per heavy atom. The van der Waals surface area contributed by atoms with Crippen molar-refractivity contribution < 1.29 is 12.8 Å². The summed E-state index contributed by atoms with van der Waals surface area (Å²) in [5.74, 6) is -0.779. The second-order valence-corrected chi connectivity index (χ2v) is 7.84. The molecule has 1 aliphatic carbocycles. The summed E-state index contributed by atoms with van der Waals surface area (Å²) in [5, 5.41) is 0.0508. The number of halogens is 3. The number of hydrogen-bond acceptors (Lipinski definition) is 3. The fourth-order valence-corrected chi connectivity index (χ4v) is 3.94. The van der Waals surface area contributed by atoms with Crippen molar-refractivity contribution in [2.75, 3.05) is 12.3 Å². The van der Waals surface area contributed by atoms with Crippen LogP contribution < -0.4 is 10.5 Å². The molecular weight excluding hydrogens is 383 g/mol. The highest BCUT2D eigenvalue weighted by atomic mass is 79.9. The Morgan fingerprint density at radius 3 is 2.81 bits per heavy atom. The maximum absolute atomic E-state index is 14.1. The fourth-order valence-electron chi connectivity index (χ4n) is 2.14. The first-order valence-electron chi connectivity index (χ1n) is 6.40. The van der Waals surface area contributed by atoms with Crippen molar-refractivity contribution >= 4 is 43.2 Å². The molecule has 0 saturated carbocycles. The van der Waals surface area contributed by atoms with Crippen molar-refractivity contribution in [1.29, 1.82) is 0 Å². The van der Waals surface area contributed by atoms with Gasteiger partial charge in [0.05, 0.1) is 15.2 Å². The summed E-state index contributed by atoms with van der Waals surface area (Å²) < 4.78 is 41.1. The van der Waals surface area contributed by atoms with E-state index in [1.807, 2.05) is 6.08 Å². The molecule has 0 aromatic heterocycles. The Labute approximate surface area is 136 Å². The van der Waals surface area contributed by atoms with Crippen LogP contribution in [0.2, 0.25) is 5.02 Å². The van der Waals surface area contributed by atoms with Crippen LogP contribution in [0.4, 0.5) is 10.1 Å². The minimum Gasteiger partial charge on any atom is -0.395 e. The number of nitrogens with one attached hydrogen (secondary N) is 1. The summed E-state index contributed by atoms with van der Waals surface area (Å²) in [6.45, 7) is 0.264. The average molecular weight is 398 g/mol. The Bertz CT molecular complexity index is 679. The summed E-state index contributed by atoms with van der Waals surface area (Å²) >= 11 is 8.86. The molecule has 2 rings (SSSR count). The minimum absolute atomic E-state index is 0.0508. The summed E-state index contributed by atoms with van der Waals surface area (Å²) in [4.78, 5) is -0.528. The van der Waals surface area contributed by atoms with Gasteiger partial charge in [0, 0.05) is 6.54 Å². The van der Waals surface area contributed by atoms with Gasteiger partial charge in [0.25, 0.3) is 0 Å². The lowest BCUT2D eigenvalue weighted by Gasteiger charge is -2.18. The highest BCUT2D eigenvalue weighted by Gasteiger charge is 2.25. The molecule has 1 aromatic carbocycles. The Morgan fingerprint density at radius 1 is 1.48 bits per heavy atom. The predicted octanol–water partition coefficient (Wildman–Crippen LogP) is 3.46. The van der Waals surface area contributed by atoms with E-state index in [4.69, 9.17) is 17.3 Å². The minimum atomic E-state index is -3.99. The number of anilines is 1. The fraction of sp³-hybridized carbons (Fsp3) is 0.385. The SMILES string of the molecule is Nc1c(F)c(S(=O)(=O)NCC2CC=CCC2)cc(Cl)c1Br. The smallest absolute Gasteiger partial charge is 0.243 e. The highest BCUT2D eigenvalue weighted by Crippen LogP contribution is 2.34. The molecule has 0 amide bonds. The molecule has 1 atom stereocenters. The van der Waals surface area contributed by atoms with Gasteiger partial charge in [0.15, 0.2) is 5.82 Å². The Kier molecular flexibility index (Phi) is 5.29. The molecule has 4 nitrogen and oxygen atoms in total. The summed E-state index contributed by atoms with van der Waals surface area (Å²) in [6.07, 6.45) is 6.74. The lowest BCUT2D eigenvalue weighted by molar-refractivity contribution is 0.467. The molecule has 0 aliphatic heterocycles. The first kappa shape index (κ1) is 16.7. The average Bonchev–Trinajstić information content (AvgIpc) is 2.48. The van der Waals surface area contributed by atoms with Gasteiger partial charge in [-0.25, -0.2) is 17.5 Å². The number of nitrogens with two attached hydrogens (primary N) is 1. The van der Waals surface area contributed by atoms with Gasteiger partial charge in [-0.3, -0.25) is 0 Å². The number of sulfonamides is 1. The van der Waals surface area contributed by atoms with Gasteiger partial charge in [-0.15, -0.1) is 0 Å². The van der Waals surface area contributed by atoms with Crippen LogP contribution in [-0.4, -0.2) is 15.0 Å². The van der Waals surface area contributed by atoms with Crippen LogP contribution >= 0.6 is 27.5 Å². The Balaban J connectivity index is 2.21. The lowest BCUT2D eigenvalue weighted by Crippen LogP contribution is -2.30. The van der Waals surface area contributed by atoms with Gasteiger partial charge in [-0.2, -0.15) is 0 Å². The van der Waals surface area contributed by atoms with E-state index in [0.717, 1.165) is 25.3 Å². The van der Waals surface area contributed by atoms with Gasteiger partial charge in [-0.1, -0.05) is 23.8 Å². The standard InChI is InChI=1S/C13H15BrClFN2O2S/c14-11-9(15)6-10(12(16)13(11)17)21(19,20)18-7-8-4-2-1-3-5-8/h1-2,6,8,18H,3-5,7,17H2. The Hall–Kier alpha value is -0.630. The summed E-state index contributed by atoms with van der Waals surface area (Å²) in [5.41, 5.74) is 5.20. The number of nitrogen functional groups attached to an aromatic ring is 1. The molecule has 0 bridgehead atoms. The van der Waals surface area contributed by atoms with E-state index in [1.54, 1.807) is 0 Å². The molecule has 8 heteroatoms. The lowest BCUT2D eigenvalue weighted by atomic mass is 9.95. The molecule has 21 heavy (non-hydrogen) atoms. The van der Waals surface area contributed by atoms with E-state index in [9.17, 15) is 12.8 Å². The largest absolute Gasteiger partial charge is 0.395 e. The normalized spacial score (nSPS) is 18.9. The highest BCUT2D eigenvalue weighted by molar-refractivity contribution is 9.10. The third kappa shape index (κ3) is 3.77. The molecule has 0 fully saturated rings. The molecule has 0 radical (unpaired) electrons. The van der Waals surface area contributed by atoms with Gasteiger partial charge in [0.2, 0.25) is 10.0 Å². The van der Waals surface area contributed by atoms with Crippen LogP contribution in [0.3, 0.4) is 0 Å². The maximum atomic E-state index is 14.1. The molecule has 0 heterocycles. The van der Waals surface area contributed by atoms with Gasteiger partial charge < -0.3 is 5.73 Å². The van der Waals surface area contributed by atoms with Crippen LogP contribution in [0.1, 0.15) is 19.3 Å². The van der Waals surface area contributed by atoms with E-state index in [0.29, 0.717) is 0 Å². The van der Waals surface area contributed by atoms with E-state index >= 15 is 0 Å². The third-order valence-electron chi connectivity index (χ3n) is 3.39. The van der Waals surface area contributed by atoms with Crippen LogP contribution in [0.25, 0.3) is 0 Å². The monoisotopic (exact) mass is 396 g/mol. The zero-order valence-electron chi connectivity index (χ0n) is 11.1. The molecule has 3 N–H and O–H groups in total. The first-order chi connectivity index (χ1) is 9.83. The third-order valence-corrected chi connectivity index (χ3v) is 6.19.